The molecule has 1 aromatic heterocycles. The minimum absolute atomic E-state index is 0.278. The van der Waals surface area contributed by atoms with Gasteiger partial charge in [0.05, 0.1) is 6.67 Å². The van der Waals surface area contributed by atoms with Crippen LogP contribution in [0.3, 0.4) is 0 Å². The molecule has 0 saturated heterocycles. The number of halogens is 2. The van der Waals surface area contributed by atoms with E-state index in [-0.39, 0.29) is 6.67 Å². The van der Waals surface area contributed by atoms with Gasteiger partial charge in [0, 0.05) is 23.3 Å². The van der Waals surface area contributed by atoms with Crippen molar-refractivity contribution in [2.45, 2.75) is 13.0 Å². The van der Waals surface area contributed by atoms with Crippen LogP contribution in [0.25, 0.3) is 10.9 Å². The molecule has 14 heavy (non-hydrogen) atoms. The van der Waals surface area contributed by atoms with E-state index in [4.69, 9.17) is 11.6 Å². The number of benzene rings is 1. The topological polar surface area (TPSA) is 4.93 Å². The second kappa shape index (κ2) is 4.01. The molecule has 1 aromatic carbocycles. The number of aryl methyl sites for hydroxylation is 1. The highest BCUT2D eigenvalue weighted by molar-refractivity contribution is 6.31. The zero-order valence-electron chi connectivity index (χ0n) is 7.71. The van der Waals surface area contributed by atoms with Crippen molar-refractivity contribution < 1.29 is 4.39 Å². The highest BCUT2D eigenvalue weighted by Crippen LogP contribution is 2.20. The molecule has 0 saturated carbocycles. The van der Waals surface area contributed by atoms with E-state index in [1.54, 1.807) is 0 Å². The molecule has 0 unspecified atom stereocenters. The molecule has 0 fully saturated rings. The van der Waals surface area contributed by atoms with E-state index in [2.05, 4.69) is 0 Å². The Morgan fingerprint density at radius 1 is 1.29 bits per heavy atom. The largest absolute Gasteiger partial charge is 0.347 e. The maximum absolute atomic E-state index is 12.0. The van der Waals surface area contributed by atoms with Crippen molar-refractivity contribution in [1.82, 2.24) is 4.57 Å². The summed E-state index contributed by atoms with van der Waals surface area (Å²) in [4.78, 5) is 0. The van der Waals surface area contributed by atoms with Crippen LogP contribution in [-0.2, 0) is 6.54 Å². The molecule has 0 aliphatic heterocycles. The van der Waals surface area contributed by atoms with Gasteiger partial charge in [-0.3, -0.25) is 4.39 Å². The zero-order chi connectivity index (χ0) is 9.97. The second-order valence-electron chi connectivity index (χ2n) is 3.25. The van der Waals surface area contributed by atoms with E-state index in [0.29, 0.717) is 13.0 Å². The Balaban J connectivity index is 2.40. The zero-order valence-corrected chi connectivity index (χ0v) is 8.47. The summed E-state index contributed by atoms with van der Waals surface area (Å²) in [6.07, 6.45) is 2.52. The maximum Gasteiger partial charge on any atom is 0.0911 e. The van der Waals surface area contributed by atoms with Crippen molar-refractivity contribution in [3.8, 4) is 0 Å². The van der Waals surface area contributed by atoms with E-state index < -0.39 is 0 Å². The SMILES string of the molecule is FCCCn1ccc2ccc(Cl)cc21. The van der Waals surface area contributed by atoms with Crippen LogP contribution < -0.4 is 0 Å². The minimum Gasteiger partial charge on any atom is -0.347 e. The molecule has 1 nitrogen and oxygen atoms in total. The average Bonchev–Trinajstić information content (AvgIpc) is 2.57. The number of hydrogen-bond donors (Lipinski definition) is 0. The van der Waals surface area contributed by atoms with Gasteiger partial charge in [0.1, 0.15) is 0 Å². The Morgan fingerprint density at radius 3 is 2.93 bits per heavy atom. The number of fused-ring (bicyclic) bond motifs is 1. The number of aromatic nitrogens is 1. The number of alkyl halides is 1. The normalized spacial score (nSPS) is 11.0. The molecule has 2 aromatic rings. The maximum atomic E-state index is 12.0. The van der Waals surface area contributed by atoms with Gasteiger partial charge in [-0.2, -0.15) is 0 Å². The lowest BCUT2D eigenvalue weighted by atomic mass is 10.2. The lowest BCUT2D eigenvalue weighted by molar-refractivity contribution is 0.450. The lowest BCUT2D eigenvalue weighted by Crippen LogP contribution is -1.96. The summed E-state index contributed by atoms with van der Waals surface area (Å²) < 4.78 is 14.1. The van der Waals surface area contributed by atoms with Crippen molar-refractivity contribution >= 4 is 22.5 Å². The molecule has 0 bridgehead atoms. The monoisotopic (exact) mass is 211 g/mol. The third kappa shape index (κ3) is 1.75. The summed E-state index contributed by atoms with van der Waals surface area (Å²) in [5, 5.41) is 1.87. The molecule has 0 radical (unpaired) electrons. The van der Waals surface area contributed by atoms with Crippen molar-refractivity contribution in [3.63, 3.8) is 0 Å². The van der Waals surface area contributed by atoms with Gasteiger partial charge in [-0.1, -0.05) is 17.7 Å². The molecule has 0 aliphatic rings. The first-order valence-corrected chi connectivity index (χ1v) is 4.99. The van der Waals surface area contributed by atoms with Crippen molar-refractivity contribution in [1.29, 1.82) is 0 Å². The summed E-state index contributed by atoms with van der Waals surface area (Å²) in [7, 11) is 0. The van der Waals surface area contributed by atoms with E-state index in [1.165, 1.54) is 0 Å². The number of rotatable bonds is 3. The lowest BCUT2D eigenvalue weighted by Gasteiger charge is -2.03. The summed E-state index contributed by atoms with van der Waals surface area (Å²) in [5.41, 5.74) is 1.07. The molecule has 0 atom stereocenters. The molecule has 3 heteroatoms. The fourth-order valence-corrected chi connectivity index (χ4v) is 1.75. The molecule has 0 amide bonds. The van der Waals surface area contributed by atoms with Gasteiger partial charge in [-0.25, -0.2) is 0 Å². The Hall–Kier alpha value is -1.02. The first-order valence-electron chi connectivity index (χ1n) is 4.61. The third-order valence-corrected chi connectivity index (χ3v) is 2.50. The van der Waals surface area contributed by atoms with Crippen LogP contribution in [0.15, 0.2) is 30.5 Å². The Morgan fingerprint density at radius 2 is 2.14 bits per heavy atom. The smallest absolute Gasteiger partial charge is 0.0911 e. The van der Waals surface area contributed by atoms with E-state index in [9.17, 15) is 4.39 Å². The van der Waals surface area contributed by atoms with Crippen LogP contribution in [0.2, 0.25) is 5.02 Å². The average molecular weight is 212 g/mol. The van der Waals surface area contributed by atoms with E-state index >= 15 is 0 Å². The van der Waals surface area contributed by atoms with Crippen LogP contribution in [0.5, 0.6) is 0 Å². The van der Waals surface area contributed by atoms with Crippen LogP contribution in [0.4, 0.5) is 4.39 Å². The predicted octanol–water partition coefficient (Wildman–Crippen LogP) is 3.65. The van der Waals surface area contributed by atoms with Crippen LogP contribution >= 0.6 is 11.6 Å². The van der Waals surface area contributed by atoms with Gasteiger partial charge in [0.15, 0.2) is 0 Å². The Labute approximate surface area is 87.1 Å². The summed E-state index contributed by atoms with van der Waals surface area (Å²) >= 11 is 5.89. The third-order valence-electron chi connectivity index (χ3n) is 2.27. The predicted molar refractivity (Wildman–Crippen MR) is 57.5 cm³/mol. The molecular weight excluding hydrogens is 201 g/mol. The second-order valence-corrected chi connectivity index (χ2v) is 3.69. The molecule has 74 valence electrons. The minimum atomic E-state index is -0.278. The Bertz CT molecular complexity index is 436. The van der Waals surface area contributed by atoms with Crippen molar-refractivity contribution in [2.24, 2.45) is 0 Å². The van der Waals surface area contributed by atoms with Crippen molar-refractivity contribution in [3.05, 3.63) is 35.5 Å². The fraction of sp³-hybridized carbons (Fsp3) is 0.273. The summed E-state index contributed by atoms with van der Waals surface area (Å²) in [6, 6.07) is 7.77. The van der Waals surface area contributed by atoms with E-state index in [1.807, 2.05) is 35.0 Å². The quantitative estimate of drug-likeness (QED) is 0.730. The molecule has 1 heterocycles. The van der Waals surface area contributed by atoms with Gasteiger partial charge in [-0.05, 0) is 30.0 Å². The standard InChI is InChI=1S/C11H11ClFN/c12-10-3-2-9-4-7-14(6-1-5-13)11(9)8-10/h2-4,7-8H,1,5-6H2. The van der Waals surface area contributed by atoms with Crippen LogP contribution in [0.1, 0.15) is 6.42 Å². The molecular formula is C11H11ClFN. The molecule has 2 rings (SSSR count). The molecule has 0 aliphatic carbocycles. The first-order chi connectivity index (χ1) is 6.81. The highest BCUT2D eigenvalue weighted by atomic mass is 35.5. The van der Waals surface area contributed by atoms with E-state index in [0.717, 1.165) is 15.9 Å². The van der Waals surface area contributed by atoms with Gasteiger partial charge in [0.2, 0.25) is 0 Å². The fourth-order valence-electron chi connectivity index (χ4n) is 1.58. The van der Waals surface area contributed by atoms with Gasteiger partial charge < -0.3 is 4.57 Å². The highest BCUT2D eigenvalue weighted by Gasteiger charge is 2.00. The molecule has 0 N–H and O–H groups in total. The number of hydrogen-bond acceptors (Lipinski definition) is 0. The van der Waals surface area contributed by atoms with Crippen LogP contribution in [-0.4, -0.2) is 11.2 Å². The summed E-state index contributed by atoms with van der Waals surface area (Å²) in [6.45, 7) is 0.431. The van der Waals surface area contributed by atoms with Gasteiger partial charge in [-0.15, -0.1) is 0 Å². The van der Waals surface area contributed by atoms with Gasteiger partial charge >= 0.3 is 0 Å². The van der Waals surface area contributed by atoms with Crippen LogP contribution in [0, 0.1) is 0 Å². The Kier molecular flexibility index (Phi) is 2.73. The summed E-state index contributed by atoms with van der Waals surface area (Å²) in [5.74, 6) is 0. The number of nitrogens with zero attached hydrogens (tertiary/aromatic N) is 1. The van der Waals surface area contributed by atoms with Crippen molar-refractivity contribution in [2.75, 3.05) is 6.67 Å². The first kappa shape index (κ1) is 9.53. The van der Waals surface area contributed by atoms with Gasteiger partial charge in [0.25, 0.3) is 0 Å². The molecule has 0 spiro atoms.